The number of rotatable bonds is 4. The van der Waals surface area contributed by atoms with E-state index in [-0.39, 0.29) is 12.5 Å². The lowest BCUT2D eigenvalue weighted by Crippen LogP contribution is -2.24. The van der Waals surface area contributed by atoms with E-state index in [0.29, 0.717) is 23.4 Å². The van der Waals surface area contributed by atoms with Gasteiger partial charge in [0, 0.05) is 12.1 Å². The van der Waals surface area contributed by atoms with Crippen molar-refractivity contribution in [2.24, 2.45) is 5.73 Å². The molecule has 1 aromatic carbocycles. The Morgan fingerprint density at radius 1 is 1.50 bits per heavy atom. The minimum Gasteiger partial charge on any atom is -0.495 e. The van der Waals surface area contributed by atoms with E-state index in [1.807, 2.05) is 6.92 Å². The van der Waals surface area contributed by atoms with E-state index in [1.165, 1.54) is 0 Å². The van der Waals surface area contributed by atoms with Crippen molar-refractivity contribution in [3.8, 4) is 17.6 Å². The van der Waals surface area contributed by atoms with Crippen LogP contribution in [-0.4, -0.2) is 26.1 Å². The van der Waals surface area contributed by atoms with Crippen LogP contribution < -0.4 is 15.8 Å². The molecular formula is C14H18N2O2. The van der Waals surface area contributed by atoms with Gasteiger partial charge in [-0.3, -0.25) is 4.79 Å². The van der Waals surface area contributed by atoms with Crippen LogP contribution >= 0.6 is 0 Å². The Balaban J connectivity index is 2.98. The molecule has 0 saturated carbocycles. The number of amides is 1. The van der Waals surface area contributed by atoms with Crippen molar-refractivity contribution in [1.82, 2.24) is 5.32 Å². The van der Waals surface area contributed by atoms with Crippen molar-refractivity contribution in [2.75, 3.05) is 20.2 Å². The summed E-state index contributed by atoms with van der Waals surface area (Å²) in [4.78, 5) is 11.8. The fourth-order valence-corrected chi connectivity index (χ4v) is 1.43. The van der Waals surface area contributed by atoms with Crippen LogP contribution in [0.1, 0.15) is 29.3 Å². The lowest BCUT2D eigenvalue weighted by atomic mass is 10.1. The highest BCUT2D eigenvalue weighted by atomic mass is 16.5. The van der Waals surface area contributed by atoms with Crippen LogP contribution in [0.4, 0.5) is 0 Å². The molecule has 0 saturated heterocycles. The molecule has 1 rings (SSSR count). The number of hydrogen-bond donors (Lipinski definition) is 2. The van der Waals surface area contributed by atoms with Crippen molar-refractivity contribution in [1.29, 1.82) is 0 Å². The van der Waals surface area contributed by atoms with Gasteiger partial charge in [-0.05, 0) is 24.6 Å². The summed E-state index contributed by atoms with van der Waals surface area (Å²) in [6, 6.07) is 5.17. The summed E-state index contributed by atoms with van der Waals surface area (Å²) < 4.78 is 5.18. The lowest BCUT2D eigenvalue weighted by molar-refractivity contribution is 0.0953. The summed E-state index contributed by atoms with van der Waals surface area (Å²) in [5.74, 6) is 6.19. The van der Waals surface area contributed by atoms with Crippen LogP contribution in [0, 0.1) is 11.8 Å². The summed E-state index contributed by atoms with van der Waals surface area (Å²) in [7, 11) is 1.57. The van der Waals surface area contributed by atoms with Gasteiger partial charge in [0.1, 0.15) is 5.75 Å². The SMILES string of the molecule is CCCNC(=O)c1ccc(OC)c(C#CCN)c1. The molecule has 0 atom stereocenters. The van der Waals surface area contributed by atoms with Crippen LogP contribution in [0.25, 0.3) is 0 Å². The molecule has 0 aliphatic rings. The number of carbonyl (C=O) groups excluding carboxylic acids is 1. The summed E-state index contributed by atoms with van der Waals surface area (Å²) in [6.45, 7) is 2.94. The maximum atomic E-state index is 11.8. The zero-order chi connectivity index (χ0) is 13.4. The Kier molecular flexibility index (Phi) is 5.75. The molecule has 3 N–H and O–H groups in total. The molecule has 4 nitrogen and oxygen atoms in total. The number of hydrogen-bond acceptors (Lipinski definition) is 3. The molecule has 96 valence electrons. The zero-order valence-corrected chi connectivity index (χ0v) is 10.7. The molecule has 18 heavy (non-hydrogen) atoms. The minimum absolute atomic E-state index is 0.102. The summed E-state index contributed by atoms with van der Waals surface area (Å²) >= 11 is 0. The van der Waals surface area contributed by atoms with Crippen LogP contribution in [0.3, 0.4) is 0 Å². The number of nitrogens with one attached hydrogen (secondary N) is 1. The second-order valence-electron chi connectivity index (χ2n) is 3.68. The van der Waals surface area contributed by atoms with Gasteiger partial charge in [-0.15, -0.1) is 0 Å². The molecule has 0 aliphatic heterocycles. The molecule has 0 spiro atoms. The average Bonchev–Trinajstić information content (AvgIpc) is 2.42. The van der Waals surface area contributed by atoms with Gasteiger partial charge in [0.2, 0.25) is 0 Å². The van der Waals surface area contributed by atoms with E-state index in [1.54, 1.807) is 25.3 Å². The van der Waals surface area contributed by atoms with Gasteiger partial charge in [0.05, 0.1) is 19.2 Å². The molecule has 0 aliphatic carbocycles. The smallest absolute Gasteiger partial charge is 0.251 e. The number of carbonyl (C=O) groups is 1. The normalized spacial score (nSPS) is 9.28. The second kappa shape index (κ2) is 7.36. The first-order valence-corrected chi connectivity index (χ1v) is 5.88. The number of methoxy groups -OCH3 is 1. The Bertz CT molecular complexity index is 472. The minimum atomic E-state index is -0.102. The van der Waals surface area contributed by atoms with E-state index in [0.717, 1.165) is 6.42 Å². The standard InChI is InChI=1S/C14H18N2O2/c1-3-9-16-14(17)12-6-7-13(18-2)11(10-12)5-4-8-15/h6-7,10H,3,8-9,15H2,1-2H3,(H,16,17). The summed E-state index contributed by atoms with van der Waals surface area (Å²) in [5.41, 5.74) is 6.59. The van der Waals surface area contributed by atoms with Crippen molar-refractivity contribution in [3.63, 3.8) is 0 Å². The maximum absolute atomic E-state index is 11.8. The van der Waals surface area contributed by atoms with Gasteiger partial charge < -0.3 is 15.8 Å². The highest BCUT2D eigenvalue weighted by molar-refractivity contribution is 5.94. The topological polar surface area (TPSA) is 64.3 Å². The number of ether oxygens (including phenoxy) is 1. The lowest BCUT2D eigenvalue weighted by Gasteiger charge is -2.07. The first-order valence-electron chi connectivity index (χ1n) is 5.88. The van der Waals surface area contributed by atoms with Gasteiger partial charge in [0.25, 0.3) is 5.91 Å². The van der Waals surface area contributed by atoms with Crippen molar-refractivity contribution in [3.05, 3.63) is 29.3 Å². The van der Waals surface area contributed by atoms with Gasteiger partial charge in [-0.25, -0.2) is 0 Å². The Labute approximate surface area is 108 Å². The van der Waals surface area contributed by atoms with Crippen molar-refractivity contribution in [2.45, 2.75) is 13.3 Å². The summed E-state index contributed by atoms with van der Waals surface area (Å²) in [5, 5.41) is 2.82. The first kappa shape index (κ1) is 14.1. The predicted molar refractivity (Wildman–Crippen MR) is 71.6 cm³/mol. The van der Waals surface area contributed by atoms with Crippen LogP contribution in [-0.2, 0) is 0 Å². The third kappa shape index (κ3) is 3.79. The maximum Gasteiger partial charge on any atom is 0.251 e. The molecule has 0 heterocycles. The van der Waals surface area contributed by atoms with E-state index >= 15 is 0 Å². The molecule has 0 bridgehead atoms. The fourth-order valence-electron chi connectivity index (χ4n) is 1.43. The third-order valence-corrected chi connectivity index (χ3v) is 2.32. The zero-order valence-electron chi connectivity index (χ0n) is 10.7. The van der Waals surface area contributed by atoms with E-state index in [2.05, 4.69) is 17.2 Å². The first-order chi connectivity index (χ1) is 8.72. The molecule has 1 amide bonds. The van der Waals surface area contributed by atoms with Gasteiger partial charge in [-0.1, -0.05) is 18.8 Å². The van der Waals surface area contributed by atoms with Crippen LogP contribution in [0.15, 0.2) is 18.2 Å². The van der Waals surface area contributed by atoms with Crippen LogP contribution in [0.5, 0.6) is 5.75 Å². The molecule has 0 fully saturated rings. The summed E-state index contributed by atoms with van der Waals surface area (Å²) in [6.07, 6.45) is 0.904. The van der Waals surface area contributed by atoms with Gasteiger partial charge in [-0.2, -0.15) is 0 Å². The quantitative estimate of drug-likeness (QED) is 0.783. The number of benzene rings is 1. The fraction of sp³-hybridized carbons (Fsp3) is 0.357. The van der Waals surface area contributed by atoms with Crippen LogP contribution in [0.2, 0.25) is 0 Å². The van der Waals surface area contributed by atoms with Gasteiger partial charge in [0.15, 0.2) is 0 Å². The van der Waals surface area contributed by atoms with Crippen molar-refractivity contribution < 1.29 is 9.53 Å². The highest BCUT2D eigenvalue weighted by Gasteiger charge is 2.08. The second-order valence-corrected chi connectivity index (χ2v) is 3.68. The van der Waals surface area contributed by atoms with E-state index in [4.69, 9.17) is 10.5 Å². The highest BCUT2D eigenvalue weighted by Crippen LogP contribution is 2.18. The van der Waals surface area contributed by atoms with Crippen molar-refractivity contribution >= 4 is 5.91 Å². The number of nitrogens with two attached hydrogens (primary N) is 1. The molecule has 0 unspecified atom stereocenters. The largest absolute Gasteiger partial charge is 0.495 e. The average molecular weight is 246 g/mol. The Hall–Kier alpha value is -1.99. The Morgan fingerprint density at radius 2 is 2.28 bits per heavy atom. The third-order valence-electron chi connectivity index (χ3n) is 2.32. The Morgan fingerprint density at radius 3 is 2.89 bits per heavy atom. The van der Waals surface area contributed by atoms with E-state index in [9.17, 15) is 4.79 Å². The van der Waals surface area contributed by atoms with Gasteiger partial charge >= 0.3 is 0 Å². The van der Waals surface area contributed by atoms with E-state index < -0.39 is 0 Å². The molecule has 1 aromatic rings. The molecular weight excluding hydrogens is 228 g/mol. The molecule has 4 heteroatoms. The monoisotopic (exact) mass is 246 g/mol. The predicted octanol–water partition coefficient (Wildman–Crippen LogP) is 1.15. The molecule has 0 aromatic heterocycles. The molecule has 0 radical (unpaired) electrons.